The maximum Gasteiger partial charge on any atom is 0.271 e. The SMILES string of the molecule is CN(C)c1ccccc1NC(=O)C1=NNC(=O)CC1. The largest absolute Gasteiger partial charge is 0.376 e. The van der Waals surface area contributed by atoms with Crippen molar-refractivity contribution in [1.29, 1.82) is 0 Å². The third kappa shape index (κ3) is 3.09. The number of nitrogens with zero attached hydrogens (tertiary/aromatic N) is 2. The molecule has 0 saturated carbocycles. The Hall–Kier alpha value is -2.37. The van der Waals surface area contributed by atoms with Crippen LogP contribution < -0.4 is 15.6 Å². The Kier molecular flexibility index (Phi) is 3.79. The lowest BCUT2D eigenvalue weighted by molar-refractivity contribution is -0.121. The molecule has 0 bridgehead atoms. The van der Waals surface area contributed by atoms with Gasteiger partial charge < -0.3 is 10.2 Å². The van der Waals surface area contributed by atoms with Gasteiger partial charge in [-0.05, 0) is 12.1 Å². The number of para-hydroxylation sites is 2. The molecule has 1 aromatic rings. The first-order valence-electron chi connectivity index (χ1n) is 6.01. The van der Waals surface area contributed by atoms with E-state index < -0.39 is 0 Å². The van der Waals surface area contributed by atoms with Crippen LogP contribution in [0.5, 0.6) is 0 Å². The van der Waals surface area contributed by atoms with Crippen molar-refractivity contribution in [2.75, 3.05) is 24.3 Å². The fourth-order valence-electron chi connectivity index (χ4n) is 1.80. The number of hydrazone groups is 1. The fourth-order valence-corrected chi connectivity index (χ4v) is 1.80. The van der Waals surface area contributed by atoms with E-state index in [9.17, 15) is 9.59 Å². The number of hydrogen-bond acceptors (Lipinski definition) is 4. The van der Waals surface area contributed by atoms with E-state index in [1.165, 1.54) is 0 Å². The quantitative estimate of drug-likeness (QED) is 0.850. The van der Waals surface area contributed by atoms with Gasteiger partial charge in [0.25, 0.3) is 5.91 Å². The van der Waals surface area contributed by atoms with Gasteiger partial charge in [-0.25, -0.2) is 5.43 Å². The molecule has 6 heteroatoms. The van der Waals surface area contributed by atoms with Crippen LogP contribution >= 0.6 is 0 Å². The molecule has 0 aliphatic carbocycles. The highest BCUT2D eigenvalue weighted by Crippen LogP contribution is 2.23. The van der Waals surface area contributed by atoms with E-state index in [1.54, 1.807) is 0 Å². The normalized spacial score (nSPS) is 14.4. The predicted octanol–water partition coefficient (Wildman–Crippen LogP) is 0.957. The van der Waals surface area contributed by atoms with Crippen LogP contribution in [0.1, 0.15) is 12.8 Å². The third-order valence-electron chi connectivity index (χ3n) is 2.80. The van der Waals surface area contributed by atoms with Crippen molar-refractivity contribution in [1.82, 2.24) is 5.43 Å². The average molecular weight is 260 g/mol. The van der Waals surface area contributed by atoms with Crippen LogP contribution in [0.15, 0.2) is 29.4 Å². The molecular formula is C13H16N4O2. The molecule has 19 heavy (non-hydrogen) atoms. The van der Waals surface area contributed by atoms with Gasteiger partial charge in [-0.2, -0.15) is 5.10 Å². The second-order valence-corrected chi connectivity index (χ2v) is 4.46. The van der Waals surface area contributed by atoms with Crippen LogP contribution in [0.25, 0.3) is 0 Å². The first-order valence-corrected chi connectivity index (χ1v) is 6.01. The number of rotatable bonds is 3. The molecule has 1 aliphatic rings. The second kappa shape index (κ2) is 5.51. The Bertz CT molecular complexity index is 537. The van der Waals surface area contributed by atoms with Crippen molar-refractivity contribution in [3.8, 4) is 0 Å². The maximum absolute atomic E-state index is 12.0. The highest BCUT2D eigenvalue weighted by molar-refractivity contribution is 6.43. The first-order chi connectivity index (χ1) is 9.08. The number of hydrogen-bond donors (Lipinski definition) is 2. The number of carbonyl (C=O) groups excluding carboxylic acids is 2. The Morgan fingerprint density at radius 2 is 2.05 bits per heavy atom. The summed E-state index contributed by atoms with van der Waals surface area (Å²) in [5.41, 5.74) is 4.29. The van der Waals surface area contributed by atoms with Gasteiger partial charge in [0.1, 0.15) is 5.71 Å². The molecule has 0 aromatic heterocycles. The van der Waals surface area contributed by atoms with Crippen LogP contribution in [0.3, 0.4) is 0 Å². The number of anilines is 2. The molecule has 1 aliphatic heterocycles. The van der Waals surface area contributed by atoms with Crippen molar-refractivity contribution >= 4 is 28.9 Å². The third-order valence-corrected chi connectivity index (χ3v) is 2.80. The molecule has 0 spiro atoms. The summed E-state index contributed by atoms with van der Waals surface area (Å²) in [5, 5.41) is 6.59. The number of amides is 2. The minimum absolute atomic E-state index is 0.162. The fraction of sp³-hybridized carbons (Fsp3) is 0.308. The molecule has 1 aromatic carbocycles. The van der Waals surface area contributed by atoms with Crippen LogP contribution in [0.2, 0.25) is 0 Å². The summed E-state index contributed by atoms with van der Waals surface area (Å²) >= 11 is 0. The molecular weight excluding hydrogens is 244 g/mol. The minimum Gasteiger partial charge on any atom is -0.376 e. The monoisotopic (exact) mass is 260 g/mol. The molecule has 0 unspecified atom stereocenters. The van der Waals surface area contributed by atoms with Crippen molar-refractivity contribution in [2.24, 2.45) is 5.10 Å². The highest BCUT2D eigenvalue weighted by Gasteiger charge is 2.19. The summed E-state index contributed by atoms with van der Waals surface area (Å²) in [6.07, 6.45) is 0.656. The van der Waals surface area contributed by atoms with E-state index in [2.05, 4.69) is 15.8 Å². The van der Waals surface area contributed by atoms with E-state index in [1.807, 2.05) is 43.3 Å². The molecule has 6 nitrogen and oxygen atoms in total. The van der Waals surface area contributed by atoms with E-state index in [0.29, 0.717) is 18.6 Å². The van der Waals surface area contributed by atoms with Gasteiger partial charge in [-0.1, -0.05) is 12.1 Å². The van der Waals surface area contributed by atoms with Gasteiger partial charge in [-0.3, -0.25) is 9.59 Å². The molecule has 2 rings (SSSR count). The summed E-state index contributed by atoms with van der Waals surface area (Å²) in [4.78, 5) is 24.9. The topological polar surface area (TPSA) is 73.8 Å². The Morgan fingerprint density at radius 3 is 2.68 bits per heavy atom. The first kappa shape index (κ1) is 13.1. The summed E-state index contributed by atoms with van der Waals surface area (Å²) in [6, 6.07) is 7.51. The molecule has 1 heterocycles. The van der Waals surface area contributed by atoms with Crippen molar-refractivity contribution in [3.05, 3.63) is 24.3 Å². The van der Waals surface area contributed by atoms with E-state index in [-0.39, 0.29) is 11.8 Å². The zero-order chi connectivity index (χ0) is 13.8. The lowest BCUT2D eigenvalue weighted by Gasteiger charge is -2.18. The highest BCUT2D eigenvalue weighted by atomic mass is 16.2. The Labute approximate surface area is 111 Å². The number of carbonyl (C=O) groups is 2. The van der Waals surface area contributed by atoms with E-state index in [0.717, 1.165) is 11.4 Å². The number of benzene rings is 1. The lowest BCUT2D eigenvalue weighted by atomic mass is 10.1. The minimum atomic E-state index is -0.283. The summed E-state index contributed by atoms with van der Waals surface area (Å²) in [7, 11) is 3.81. The van der Waals surface area contributed by atoms with Crippen molar-refractivity contribution < 1.29 is 9.59 Å². The van der Waals surface area contributed by atoms with E-state index >= 15 is 0 Å². The van der Waals surface area contributed by atoms with Gasteiger partial charge >= 0.3 is 0 Å². The van der Waals surface area contributed by atoms with E-state index in [4.69, 9.17) is 0 Å². The molecule has 0 saturated heterocycles. The van der Waals surface area contributed by atoms with Gasteiger partial charge in [0.2, 0.25) is 5.91 Å². The second-order valence-electron chi connectivity index (χ2n) is 4.46. The van der Waals surface area contributed by atoms with Crippen LogP contribution in [0.4, 0.5) is 11.4 Å². The lowest BCUT2D eigenvalue weighted by Crippen LogP contribution is -2.33. The molecule has 100 valence electrons. The number of nitrogens with one attached hydrogen (secondary N) is 2. The standard InChI is InChI=1S/C13H16N4O2/c1-17(2)11-6-4-3-5-9(11)14-13(19)10-7-8-12(18)16-15-10/h3-6H,7-8H2,1-2H3,(H,14,19)(H,16,18). The zero-order valence-electron chi connectivity index (χ0n) is 10.9. The summed E-state index contributed by atoms with van der Waals surface area (Å²) in [6.45, 7) is 0. The molecule has 0 radical (unpaired) electrons. The Balaban J connectivity index is 2.13. The van der Waals surface area contributed by atoms with Crippen LogP contribution in [-0.4, -0.2) is 31.6 Å². The average Bonchev–Trinajstić information content (AvgIpc) is 2.39. The van der Waals surface area contributed by atoms with Crippen molar-refractivity contribution in [3.63, 3.8) is 0 Å². The zero-order valence-corrected chi connectivity index (χ0v) is 10.9. The molecule has 0 fully saturated rings. The van der Waals surface area contributed by atoms with Crippen LogP contribution in [0, 0.1) is 0 Å². The van der Waals surface area contributed by atoms with Gasteiger partial charge in [0, 0.05) is 26.9 Å². The smallest absolute Gasteiger partial charge is 0.271 e. The summed E-state index contributed by atoms with van der Waals surface area (Å²) < 4.78 is 0. The molecule has 2 amide bonds. The van der Waals surface area contributed by atoms with Gasteiger partial charge in [0.15, 0.2) is 0 Å². The summed E-state index contributed by atoms with van der Waals surface area (Å²) in [5.74, 6) is -0.445. The van der Waals surface area contributed by atoms with Crippen molar-refractivity contribution in [2.45, 2.75) is 12.8 Å². The van der Waals surface area contributed by atoms with Gasteiger partial charge in [-0.15, -0.1) is 0 Å². The van der Waals surface area contributed by atoms with Crippen LogP contribution in [-0.2, 0) is 9.59 Å². The molecule has 0 atom stereocenters. The van der Waals surface area contributed by atoms with Gasteiger partial charge in [0.05, 0.1) is 11.4 Å². The Morgan fingerprint density at radius 1 is 1.32 bits per heavy atom. The predicted molar refractivity (Wildman–Crippen MR) is 74.2 cm³/mol. The molecule has 2 N–H and O–H groups in total. The maximum atomic E-state index is 12.0.